The number of nitrogens with zero attached hydrogens (tertiary/aromatic N) is 1. The van der Waals surface area contributed by atoms with Gasteiger partial charge >= 0.3 is 0 Å². The first-order valence-corrected chi connectivity index (χ1v) is 28.6. The van der Waals surface area contributed by atoms with Crippen LogP contribution in [0, 0.1) is 0 Å². The highest BCUT2D eigenvalue weighted by atomic mass is 16.5. The lowest BCUT2D eigenvalue weighted by molar-refractivity contribution is 0.436. The van der Waals surface area contributed by atoms with E-state index in [9.17, 15) is 0 Å². The highest BCUT2D eigenvalue weighted by molar-refractivity contribution is 6.00. The molecule has 3 heteroatoms. The first-order valence-electron chi connectivity index (χ1n) is 28.6. The quantitative estimate of drug-likeness (QED) is 0.159. The van der Waals surface area contributed by atoms with E-state index in [1.807, 2.05) is 0 Å². The van der Waals surface area contributed by atoms with Crippen LogP contribution in [-0.4, -0.2) is 0 Å². The van der Waals surface area contributed by atoms with Gasteiger partial charge in [-0.1, -0.05) is 255 Å². The first kappa shape index (κ1) is 47.1. The van der Waals surface area contributed by atoms with Crippen molar-refractivity contribution >= 4 is 17.1 Å². The number of ether oxygens (including phenoxy) is 2. The Labute approximate surface area is 483 Å². The first-order chi connectivity index (χ1) is 41.2. The molecule has 0 radical (unpaired) electrons. The zero-order chi connectivity index (χ0) is 54.6. The highest BCUT2D eigenvalue weighted by Crippen LogP contribution is 2.65. The maximum Gasteiger partial charge on any atom is 0.132 e. The van der Waals surface area contributed by atoms with Crippen molar-refractivity contribution in [3.05, 3.63) is 354 Å². The van der Waals surface area contributed by atoms with Gasteiger partial charge in [0, 0.05) is 38.9 Å². The van der Waals surface area contributed by atoms with Crippen LogP contribution in [-0.2, 0) is 10.8 Å². The Balaban J connectivity index is 0.877. The van der Waals surface area contributed by atoms with Crippen LogP contribution in [0.25, 0.3) is 66.8 Å². The van der Waals surface area contributed by atoms with Gasteiger partial charge < -0.3 is 14.4 Å². The van der Waals surface area contributed by atoms with E-state index in [2.05, 4.69) is 314 Å². The van der Waals surface area contributed by atoms with Crippen molar-refractivity contribution in [2.45, 2.75) is 10.8 Å². The Morgan fingerprint density at radius 3 is 0.880 bits per heavy atom. The zero-order valence-corrected chi connectivity index (χ0v) is 45.2. The average Bonchev–Trinajstić information content (AvgIpc) is 2.30. The number of hydrogen-bond acceptors (Lipinski definition) is 3. The van der Waals surface area contributed by atoms with Gasteiger partial charge in [-0.05, 0) is 127 Å². The van der Waals surface area contributed by atoms with Crippen molar-refractivity contribution in [2.75, 3.05) is 4.90 Å². The second kappa shape index (κ2) is 18.4. The number of benzene rings is 13. The standard InChI is InChI=1S/C80H51NO2/c1-2-22-52(23-3-1)53-42-44-54(45-43-53)57-24-6-15-35-72(57)81(73-36-16-7-25-58(73)55-46-48-66-62(50-55)60-27-4-9-29-64(60)79(66)68-31-11-18-38-75(68)82-76-39-19-12-32-69(76)79)74-37-17-8-26-59(74)56-47-49-67-63(51-56)61-28-5-10-30-65(61)80(67)70-33-13-20-40-77(70)83-78-41-21-14-34-71(78)80/h1-51H. The summed E-state index contributed by atoms with van der Waals surface area (Å²) >= 11 is 0. The largest absolute Gasteiger partial charge is 0.457 e. The molecule has 388 valence electrons. The summed E-state index contributed by atoms with van der Waals surface area (Å²) in [5, 5.41) is 0. The Morgan fingerprint density at radius 2 is 0.470 bits per heavy atom. The van der Waals surface area contributed by atoms with Crippen LogP contribution >= 0.6 is 0 Å². The molecular formula is C80H51NO2. The molecule has 0 fully saturated rings. The van der Waals surface area contributed by atoms with Crippen molar-refractivity contribution in [2.24, 2.45) is 0 Å². The van der Waals surface area contributed by atoms with E-state index >= 15 is 0 Å². The Morgan fingerprint density at radius 1 is 0.193 bits per heavy atom. The summed E-state index contributed by atoms with van der Waals surface area (Å²) in [5.41, 5.74) is 25.7. The van der Waals surface area contributed by atoms with Gasteiger partial charge in [-0.25, -0.2) is 0 Å². The molecule has 2 heterocycles. The van der Waals surface area contributed by atoms with Crippen LogP contribution in [0.15, 0.2) is 309 Å². The minimum atomic E-state index is -0.567. The van der Waals surface area contributed by atoms with Gasteiger partial charge in [-0.2, -0.15) is 0 Å². The summed E-state index contributed by atoms with van der Waals surface area (Å²) in [6, 6.07) is 113. The fourth-order valence-corrected chi connectivity index (χ4v) is 14.7. The van der Waals surface area contributed by atoms with Crippen molar-refractivity contribution in [1.82, 2.24) is 0 Å². The molecule has 0 unspecified atom stereocenters. The number of para-hydroxylation sites is 7. The lowest BCUT2D eigenvalue weighted by Gasteiger charge is -2.39. The third-order valence-corrected chi connectivity index (χ3v) is 18.1. The fraction of sp³-hybridized carbons (Fsp3) is 0.0250. The van der Waals surface area contributed by atoms with Gasteiger partial charge in [-0.15, -0.1) is 0 Å². The van der Waals surface area contributed by atoms with Crippen LogP contribution in [0.2, 0.25) is 0 Å². The number of fused-ring (bicyclic) bond motifs is 18. The maximum absolute atomic E-state index is 6.70. The highest BCUT2D eigenvalue weighted by Gasteiger charge is 2.52. The smallest absolute Gasteiger partial charge is 0.132 e. The van der Waals surface area contributed by atoms with Gasteiger partial charge in [0.1, 0.15) is 23.0 Å². The number of anilines is 3. The predicted molar refractivity (Wildman–Crippen MR) is 338 cm³/mol. The minimum Gasteiger partial charge on any atom is -0.457 e. The molecule has 0 saturated heterocycles. The normalized spacial score (nSPS) is 13.7. The molecule has 2 aliphatic carbocycles. The van der Waals surface area contributed by atoms with Gasteiger partial charge in [0.2, 0.25) is 0 Å². The molecule has 2 aliphatic heterocycles. The van der Waals surface area contributed by atoms with Gasteiger partial charge in [-0.3, -0.25) is 0 Å². The molecule has 13 aromatic carbocycles. The van der Waals surface area contributed by atoms with Crippen LogP contribution < -0.4 is 14.4 Å². The Hall–Kier alpha value is -10.7. The molecular weight excluding hydrogens is 1010 g/mol. The van der Waals surface area contributed by atoms with Crippen LogP contribution in [0.4, 0.5) is 17.1 Å². The maximum atomic E-state index is 6.70. The van der Waals surface area contributed by atoms with Crippen LogP contribution in [0.1, 0.15) is 44.5 Å². The minimum absolute atomic E-state index is 0.567. The summed E-state index contributed by atoms with van der Waals surface area (Å²) in [6.07, 6.45) is 0. The van der Waals surface area contributed by atoms with E-state index in [0.29, 0.717) is 0 Å². The average molecular weight is 1060 g/mol. The van der Waals surface area contributed by atoms with Gasteiger partial charge in [0.05, 0.1) is 27.9 Å². The van der Waals surface area contributed by atoms with Crippen molar-refractivity contribution < 1.29 is 9.47 Å². The lowest BCUT2D eigenvalue weighted by Crippen LogP contribution is -2.32. The van der Waals surface area contributed by atoms with Crippen LogP contribution in [0.3, 0.4) is 0 Å². The third-order valence-electron chi connectivity index (χ3n) is 18.1. The molecule has 17 rings (SSSR count). The molecule has 2 spiro atoms. The summed E-state index contributed by atoms with van der Waals surface area (Å²) in [4.78, 5) is 2.52. The van der Waals surface area contributed by atoms with Gasteiger partial charge in [0.25, 0.3) is 0 Å². The van der Waals surface area contributed by atoms with Crippen molar-refractivity contribution in [1.29, 1.82) is 0 Å². The van der Waals surface area contributed by atoms with Gasteiger partial charge in [0.15, 0.2) is 0 Å². The van der Waals surface area contributed by atoms with Crippen molar-refractivity contribution in [3.8, 4) is 89.8 Å². The molecule has 3 nitrogen and oxygen atoms in total. The topological polar surface area (TPSA) is 21.7 Å². The lowest BCUT2D eigenvalue weighted by atomic mass is 9.66. The fourth-order valence-electron chi connectivity index (χ4n) is 14.7. The van der Waals surface area contributed by atoms with E-state index in [4.69, 9.17) is 9.47 Å². The number of hydrogen-bond donors (Lipinski definition) is 0. The van der Waals surface area contributed by atoms with E-state index < -0.39 is 10.8 Å². The Kier molecular flexibility index (Phi) is 10.4. The molecule has 4 aliphatic rings. The molecule has 83 heavy (non-hydrogen) atoms. The second-order valence-corrected chi connectivity index (χ2v) is 22.1. The van der Waals surface area contributed by atoms with E-state index in [1.165, 1.54) is 55.6 Å². The molecule has 0 bridgehead atoms. The Bertz CT molecular complexity index is 4430. The molecule has 0 saturated carbocycles. The molecule has 0 amide bonds. The van der Waals surface area contributed by atoms with E-state index in [0.717, 1.165) is 95.7 Å². The SMILES string of the molecule is c1ccc(-c2ccc(-c3ccccc3N(c3ccccc3-c3ccc4c(c3)-c3ccccc3C43c4ccccc4Oc4ccccc43)c3ccccc3-c3ccc4c(c3)-c3ccccc3C43c4ccccc4Oc4ccccc43)cc2)cc1. The molecule has 0 atom stereocenters. The van der Waals surface area contributed by atoms with E-state index in [-0.39, 0.29) is 0 Å². The molecule has 0 aromatic heterocycles. The molecule has 13 aromatic rings. The molecule has 0 N–H and O–H groups in total. The zero-order valence-electron chi connectivity index (χ0n) is 45.2. The van der Waals surface area contributed by atoms with E-state index in [1.54, 1.807) is 0 Å². The summed E-state index contributed by atoms with van der Waals surface area (Å²) in [6.45, 7) is 0. The summed E-state index contributed by atoms with van der Waals surface area (Å²) in [5.74, 6) is 3.55. The predicted octanol–water partition coefficient (Wildman–Crippen LogP) is 20.8. The second-order valence-electron chi connectivity index (χ2n) is 22.1. The van der Waals surface area contributed by atoms with Crippen LogP contribution in [0.5, 0.6) is 23.0 Å². The summed E-state index contributed by atoms with van der Waals surface area (Å²) in [7, 11) is 0. The number of rotatable bonds is 7. The third kappa shape index (κ3) is 6.80. The van der Waals surface area contributed by atoms with Crippen molar-refractivity contribution in [3.63, 3.8) is 0 Å². The summed E-state index contributed by atoms with van der Waals surface area (Å²) < 4.78 is 13.4. The monoisotopic (exact) mass is 1060 g/mol.